The lowest BCUT2D eigenvalue weighted by atomic mass is 10.2. The third-order valence-electron chi connectivity index (χ3n) is 3.30. The maximum atomic E-state index is 11.9. The molecule has 0 spiro atoms. The molecule has 0 aliphatic carbocycles. The lowest BCUT2D eigenvalue weighted by Gasteiger charge is -2.34. The van der Waals surface area contributed by atoms with E-state index in [1.165, 1.54) is 0 Å². The number of nitrogens with zero attached hydrogens (tertiary/aromatic N) is 1. The van der Waals surface area contributed by atoms with Crippen LogP contribution in [0.4, 0.5) is 0 Å². The Morgan fingerprint density at radius 2 is 1.86 bits per heavy atom. The number of carbonyl (C=O) groups is 2. The third kappa shape index (κ3) is 4.69. The molecule has 1 heterocycles. The lowest BCUT2D eigenvalue weighted by molar-refractivity contribution is -0.126. The number of hydrazine groups is 1. The van der Waals surface area contributed by atoms with Crippen LogP contribution in [0.3, 0.4) is 0 Å². The fourth-order valence-corrected chi connectivity index (χ4v) is 2.72. The van der Waals surface area contributed by atoms with E-state index in [0.717, 1.165) is 0 Å². The van der Waals surface area contributed by atoms with Gasteiger partial charge >= 0.3 is 0 Å². The monoisotopic (exact) mass is 325 g/mol. The predicted octanol–water partition coefficient (Wildman–Crippen LogP) is 1.21. The molecule has 2 N–H and O–H groups in total. The molecule has 0 unspecified atom stereocenters. The normalized spacial score (nSPS) is 22.1. The van der Waals surface area contributed by atoms with Crippen molar-refractivity contribution in [2.24, 2.45) is 0 Å². The summed E-state index contributed by atoms with van der Waals surface area (Å²) in [4.78, 5) is 25.8. The second-order valence-corrected chi connectivity index (χ2v) is 5.84. The number of ether oxygens (including phenoxy) is 1. The van der Waals surface area contributed by atoms with Gasteiger partial charge in [0.2, 0.25) is 0 Å². The van der Waals surface area contributed by atoms with Crippen LogP contribution in [0.5, 0.6) is 0 Å². The van der Waals surface area contributed by atoms with Gasteiger partial charge in [-0.1, -0.05) is 23.7 Å². The Kier molecular flexibility index (Phi) is 5.76. The van der Waals surface area contributed by atoms with E-state index >= 15 is 0 Å². The number of hydrogen-bond donors (Lipinski definition) is 2. The second-order valence-electron chi connectivity index (χ2n) is 5.43. The van der Waals surface area contributed by atoms with Gasteiger partial charge in [0, 0.05) is 13.1 Å². The zero-order chi connectivity index (χ0) is 16.1. The molecule has 6 nitrogen and oxygen atoms in total. The second kappa shape index (κ2) is 7.58. The van der Waals surface area contributed by atoms with Crippen LogP contribution in [0.2, 0.25) is 5.02 Å². The summed E-state index contributed by atoms with van der Waals surface area (Å²) in [7, 11) is 0. The van der Waals surface area contributed by atoms with Gasteiger partial charge in [-0.15, -0.1) is 0 Å². The van der Waals surface area contributed by atoms with Gasteiger partial charge in [-0.05, 0) is 26.0 Å². The summed E-state index contributed by atoms with van der Waals surface area (Å²) in [6.07, 6.45) is 0.184. The first-order valence-electron chi connectivity index (χ1n) is 7.17. The van der Waals surface area contributed by atoms with Crippen molar-refractivity contribution in [1.82, 2.24) is 15.8 Å². The molecule has 0 aromatic heterocycles. The molecule has 1 fully saturated rings. The highest BCUT2D eigenvalue weighted by atomic mass is 35.5. The summed E-state index contributed by atoms with van der Waals surface area (Å²) in [5.74, 6) is -0.718. The van der Waals surface area contributed by atoms with Crippen LogP contribution in [-0.2, 0) is 9.53 Å². The average molecular weight is 326 g/mol. The van der Waals surface area contributed by atoms with Gasteiger partial charge in [-0.2, -0.15) is 0 Å². The molecule has 1 aromatic carbocycles. The summed E-state index contributed by atoms with van der Waals surface area (Å²) in [5, 5.41) is 0.338. The molecule has 7 heteroatoms. The number of halogens is 1. The summed E-state index contributed by atoms with van der Waals surface area (Å²) in [6, 6.07) is 6.65. The van der Waals surface area contributed by atoms with Crippen molar-refractivity contribution >= 4 is 23.4 Å². The van der Waals surface area contributed by atoms with Gasteiger partial charge in [-0.3, -0.25) is 25.3 Å². The first-order chi connectivity index (χ1) is 10.5. The zero-order valence-electron chi connectivity index (χ0n) is 12.6. The van der Waals surface area contributed by atoms with Crippen LogP contribution in [-0.4, -0.2) is 48.6 Å². The number of rotatable bonds is 3. The van der Waals surface area contributed by atoms with Crippen molar-refractivity contribution in [2.75, 3.05) is 19.6 Å². The van der Waals surface area contributed by atoms with E-state index in [1.54, 1.807) is 24.3 Å². The van der Waals surface area contributed by atoms with E-state index in [9.17, 15) is 9.59 Å². The van der Waals surface area contributed by atoms with E-state index in [-0.39, 0.29) is 24.7 Å². The van der Waals surface area contributed by atoms with Crippen molar-refractivity contribution in [3.63, 3.8) is 0 Å². The summed E-state index contributed by atoms with van der Waals surface area (Å²) >= 11 is 5.93. The van der Waals surface area contributed by atoms with Crippen LogP contribution >= 0.6 is 11.6 Å². The number of morpholine rings is 1. The number of hydrogen-bond acceptors (Lipinski definition) is 4. The molecule has 2 atom stereocenters. The van der Waals surface area contributed by atoms with Crippen molar-refractivity contribution in [2.45, 2.75) is 26.1 Å². The molecular formula is C15H20ClN3O3. The van der Waals surface area contributed by atoms with E-state index < -0.39 is 5.91 Å². The Labute approximate surface area is 134 Å². The fraction of sp³-hybridized carbons (Fsp3) is 0.467. The minimum absolute atomic E-state index is 0.0919. The van der Waals surface area contributed by atoms with Crippen LogP contribution in [0.15, 0.2) is 24.3 Å². The number of nitrogens with one attached hydrogen (secondary N) is 2. The fourth-order valence-electron chi connectivity index (χ4n) is 2.50. The molecule has 1 saturated heterocycles. The summed E-state index contributed by atoms with van der Waals surface area (Å²) < 4.78 is 5.61. The van der Waals surface area contributed by atoms with Gasteiger partial charge in [-0.25, -0.2) is 0 Å². The molecule has 0 saturated carbocycles. The molecule has 22 heavy (non-hydrogen) atoms. The van der Waals surface area contributed by atoms with Crippen LogP contribution < -0.4 is 10.9 Å². The van der Waals surface area contributed by atoms with Crippen molar-refractivity contribution in [1.29, 1.82) is 0 Å². The van der Waals surface area contributed by atoms with E-state index in [0.29, 0.717) is 23.7 Å². The van der Waals surface area contributed by atoms with Crippen LogP contribution in [0, 0.1) is 0 Å². The number of carbonyl (C=O) groups excluding carboxylic acids is 2. The number of benzene rings is 1. The maximum Gasteiger partial charge on any atom is 0.271 e. The smallest absolute Gasteiger partial charge is 0.271 e. The highest BCUT2D eigenvalue weighted by molar-refractivity contribution is 6.33. The van der Waals surface area contributed by atoms with E-state index in [4.69, 9.17) is 16.3 Å². The number of amides is 2. The molecule has 0 bridgehead atoms. The van der Waals surface area contributed by atoms with Gasteiger partial charge in [0.1, 0.15) is 0 Å². The highest BCUT2D eigenvalue weighted by Crippen LogP contribution is 2.14. The Bertz CT molecular complexity index is 543. The minimum atomic E-state index is -0.442. The topological polar surface area (TPSA) is 70.7 Å². The largest absolute Gasteiger partial charge is 0.373 e. The summed E-state index contributed by atoms with van der Waals surface area (Å²) in [6.45, 7) is 5.53. The molecule has 1 aliphatic heterocycles. The van der Waals surface area contributed by atoms with Crippen LogP contribution in [0.1, 0.15) is 24.2 Å². The minimum Gasteiger partial charge on any atom is -0.373 e. The van der Waals surface area contributed by atoms with Crippen LogP contribution in [0.25, 0.3) is 0 Å². The van der Waals surface area contributed by atoms with Gasteiger partial charge in [0.25, 0.3) is 11.8 Å². The standard InChI is InChI=1S/C15H20ClN3O3/c1-10-7-19(8-11(2)22-10)9-14(20)17-18-15(21)12-5-3-4-6-13(12)16/h3-6,10-11H,7-9H2,1-2H3,(H,17,20)(H,18,21)/t10-,11-/m1/s1. The zero-order valence-corrected chi connectivity index (χ0v) is 13.4. The molecule has 2 amide bonds. The van der Waals surface area contributed by atoms with E-state index in [1.807, 2.05) is 18.7 Å². The van der Waals surface area contributed by atoms with Crippen molar-refractivity contribution in [3.05, 3.63) is 34.9 Å². The van der Waals surface area contributed by atoms with Crippen molar-refractivity contribution in [3.8, 4) is 0 Å². The SMILES string of the molecule is C[C@@H]1CN(CC(=O)NNC(=O)c2ccccc2Cl)C[C@@H](C)O1. The third-order valence-corrected chi connectivity index (χ3v) is 3.63. The molecule has 1 aromatic rings. The highest BCUT2D eigenvalue weighted by Gasteiger charge is 2.23. The molecule has 1 aliphatic rings. The Hall–Kier alpha value is -1.63. The molecule has 2 rings (SSSR count). The average Bonchev–Trinajstić information content (AvgIpc) is 2.44. The Balaban J connectivity index is 1.80. The van der Waals surface area contributed by atoms with E-state index in [2.05, 4.69) is 10.9 Å². The van der Waals surface area contributed by atoms with Gasteiger partial charge < -0.3 is 4.74 Å². The first-order valence-corrected chi connectivity index (χ1v) is 7.55. The van der Waals surface area contributed by atoms with Gasteiger partial charge in [0.15, 0.2) is 0 Å². The lowest BCUT2D eigenvalue weighted by Crippen LogP contribution is -2.51. The summed E-state index contributed by atoms with van der Waals surface area (Å²) in [5.41, 5.74) is 5.09. The van der Waals surface area contributed by atoms with Crippen molar-refractivity contribution < 1.29 is 14.3 Å². The first kappa shape index (κ1) is 16.7. The molecule has 120 valence electrons. The maximum absolute atomic E-state index is 11.9. The molecule has 0 radical (unpaired) electrons. The molecular weight excluding hydrogens is 306 g/mol. The predicted molar refractivity (Wildman–Crippen MR) is 83.5 cm³/mol. The Morgan fingerprint density at radius 3 is 2.50 bits per heavy atom. The van der Waals surface area contributed by atoms with Gasteiger partial charge in [0.05, 0.1) is 29.3 Å². The quantitative estimate of drug-likeness (QED) is 0.820. The Morgan fingerprint density at radius 1 is 1.23 bits per heavy atom.